The van der Waals surface area contributed by atoms with E-state index in [1.165, 1.54) is 12.1 Å². The van der Waals surface area contributed by atoms with Gasteiger partial charge < -0.3 is 14.8 Å². The van der Waals surface area contributed by atoms with E-state index in [1.54, 1.807) is 0 Å². The molecule has 0 aliphatic carbocycles. The molecule has 1 heterocycles. The highest BCUT2D eigenvalue weighted by atomic mass is 16.5. The van der Waals surface area contributed by atoms with E-state index >= 15 is 0 Å². The second-order valence-corrected chi connectivity index (χ2v) is 4.36. The third kappa shape index (κ3) is 4.75. The van der Waals surface area contributed by atoms with Crippen LogP contribution in [0.5, 0.6) is 0 Å². The van der Waals surface area contributed by atoms with Gasteiger partial charge in [0.2, 0.25) is 0 Å². The summed E-state index contributed by atoms with van der Waals surface area (Å²) in [6, 6.07) is 10.3. The van der Waals surface area contributed by atoms with Crippen LogP contribution >= 0.6 is 0 Å². The van der Waals surface area contributed by atoms with E-state index in [0.29, 0.717) is 6.10 Å². The van der Waals surface area contributed by atoms with Crippen LogP contribution < -0.4 is 5.32 Å². The fourth-order valence-corrected chi connectivity index (χ4v) is 1.95. The second kappa shape index (κ2) is 7.30. The van der Waals surface area contributed by atoms with Crippen LogP contribution in [0.1, 0.15) is 19.3 Å². The molecule has 0 saturated carbocycles. The summed E-state index contributed by atoms with van der Waals surface area (Å²) in [5.74, 6) is 0. The van der Waals surface area contributed by atoms with Crippen LogP contribution in [0.25, 0.3) is 0 Å². The second-order valence-electron chi connectivity index (χ2n) is 4.36. The van der Waals surface area contributed by atoms with Gasteiger partial charge in [0.1, 0.15) is 0 Å². The zero-order valence-corrected chi connectivity index (χ0v) is 10.2. The lowest BCUT2D eigenvalue weighted by molar-refractivity contribution is 0.0172. The molecule has 1 saturated heterocycles. The lowest BCUT2D eigenvalue weighted by atomic mass is 10.2. The fourth-order valence-electron chi connectivity index (χ4n) is 1.95. The minimum absolute atomic E-state index is 0.345. The molecule has 0 aromatic heterocycles. The molecular formula is C14H21NO2. The fraction of sp³-hybridized carbons (Fsp3) is 0.571. The predicted octanol–water partition coefficient (Wildman–Crippen LogP) is 2.68. The Morgan fingerprint density at radius 2 is 2.18 bits per heavy atom. The number of para-hydroxylation sites is 1. The van der Waals surface area contributed by atoms with Gasteiger partial charge in [-0.15, -0.1) is 0 Å². The van der Waals surface area contributed by atoms with Crippen LogP contribution in [0.2, 0.25) is 0 Å². The summed E-state index contributed by atoms with van der Waals surface area (Å²) in [5, 5.41) is 3.36. The highest BCUT2D eigenvalue weighted by molar-refractivity contribution is 5.42. The Morgan fingerprint density at radius 1 is 1.29 bits per heavy atom. The molecule has 0 spiro atoms. The van der Waals surface area contributed by atoms with Crippen molar-refractivity contribution in [3.05, 3.63) is 30.3 Å². The van der Waals surface area contributed by atoms with Crippen molar-refractivity contribution in [2.24, 2.45) is 0 Å². The van der Waals surface area contributed by atoms with E-state index in [4.69, 9.17) is 9.47 Å². The van der Waals surface area contributed by atoms with Gasteiger partial charge in [0.05, 0.1) is 12.7 Å². The Bertz CT molecular complexity index is 296. The van der Waals surface area contributed by atoms with E-state index < -0.39 is 0 Å². The highest BCUT2D eigenvalue weighted by Crippen LogP contribution is 2.12. The van der Waals surface area contributed by atoms with E-state index in [0.717, 1.165) is 39.2 Å². The number of anilines is 1. The number of nitrogens with one attached hydrogen (secondary N) is 1. The van der Waals surface area contributed by atoms with Gasteiger partial charge in [-0.1, -0.05) is 18.2 Å². The van der Waals surface area contributed by atoms with Crippen LogP contribution in [-0.2, 0) is 9.47 Å². The molecule has 1 atom stereocenters. The van der Waals surface area contributed by atoms with Gasteiger partial charge in [-0.05, 0) is 31.4 Å². The molecule has 1 N–H and O–H groups in total. The molecule has 17 heavy (non-hydrogen) atoms. The normalized spacial score (nSPS) is 19.4. The van der Waals surface area contributed by atoms with Crippen LogP contribution in [0.3, 0.4) is 0 Å². The van der Waals surface area contributed by atoms with Crippen molar-refractivity contribution in [2.75, 3.05) is 31.7 Å². The lowest BCUT2D eigenvalue weighted by Gasteiger charge is -2.10. The molecule has 3 nitrogen and oxygen atoms in total. The van der Waals surface area contributed by atoms with Crippen LogP contribution in [-0.4, -0.2) is 32.5 Å². The summed E-state index contributed by atoms with van der Waals surface area (Å²) >= 11 is 0. The van der Waals surface area contributed by atoms with E-state index in [1.807, 2.05) is 18.2 Å². The van der Waals surface area contributed by atoms with E-state index in [-0.39, 0.29) is 0 Å². The van der Waals surface area contributed by atoms with Gasteiger partial charge in [-0.3, -0.25) is 0 Å². The Morgan fingerprint density at radius 3 is 2.94 bits per heavy atom. The topological polar surface area (TPSA) is 30.5 Å². The first-order valence-corrected chi connectivity index (χ1v) is 6.43. The van der Waals surface area contributed by atoms with Gasteiger partial charge in [0.15, 0.2) is 0 Å². The maximum absolute atomic E-state index is 5.59. The minimum Gasteiger partial charge on any atom is -0.385 e. The van der Waals surface area contributed by atoms with Gasteiger partial charge in [-0.25, -0.2) is 0 Å². The molecule has 1 aromatic carbocycles. The Labute approximate surface area is 103 Å². The number of ether oxygens (including phenoxy) is 2. The predicted molar refractivity (Wildman–Crippen MR) is 69.3 cm³/mol. The first-order valence-electron chi connectivity index (χ1n) is 6.43. The average molecular weight is 235 g/mol. The number of benzene rings is 1. The van der Waals surface area contributed by atoms with Crippen LogP contribution in [0.15, 0.2) is 30.3 Å². The van der Waals surface area contributed by atoms with Crippen molar-refractivity contribution in [1.82, 2.24) is 0 Å². The summed E-state index contributed by atoms with van der Waals surface area (Å²) in [4.78, 5) is 0. The third-order valence-electron chi connectivity index (χ3n) is 2.90. The molecule has 0 radical (unpaired) electrons. The highest BCUT2D eigenvalue weighted by Gasteiger charge is 2.14. The molecule has 0 amide bonds. The SMILES string of the molecule is c1ccc(NCCCOCC2CCCO2)cc1. The molecule has 0 bridgehead atoms. The van der Waals surface area contributed by atoms with Crippen molar-refractivity contribution in [1.29, 1.82) is 0 Å². The molecule has 2 rings (SSSR count). The van der Waals surface area contributed by atoms with Gasteiger partial charge in [0.25, 0.3) is 0 Å². The maximum Gasteiger partial charge on any atom is 0.0809 e. The van der Waals surface area contributed by atoms with Crippen molar-refractivity contribution in [3.63, 3.8) is 0 Å². The van der Waals surface area contributed by atoms with Crippen molar-refractivity contribution in [3.8, 4) is 0 Å². The Kier molecular flexibility index (Phi) is 5.33. The minimum atomic E-state index is 0.345. The number of rotatable bonds is 7. The molecule has 94 valence electrons. The van der Waals surface area contributed by atoms with Crippen LogP contribution in [0, 0.1) is 0 Å². The number of hydrogen-bond donors (Lipinski definition) is 1. The molecule has 1 aliphatic heterocycles. The monoisotopic (exact) mass is 235 g/mol. The van der Waals surface area contributed by atoms with Gasteiger partial charge in [0, 0.05) is 25.4 Å². The molecule has 3 heteroatoms. The molecule has 1 fully saturated rings. The summed E-state index contributed by atoms with van der Waals surface area (Å²) in [5.41, 5.74) is 1.17. The van der Waals surface area contributed by atoms with Crippen molar-refractivity contribution < 1.29 is 9.47 Å². The lowest BCUT2D eigenvalue weighted by Crippen LogP contribution is -2.15. The summed E-state index contributed by atoms with van der Waals surface area (Å²) in [7, 11) is 0. The summed E-state index contributed by atoms with van der Waals surface area (Å²) in [6.45, 7) is 3.42. The number of hydrogen-bond acceptors (Lipinski definition) is 3. The average Bonchev–Trinajstić information content (AvgIpc) is 2.88. The first kappa shape index (κ1) is 12.4. The summed E-state index contributed by atoms with van der Waals surface area (Å²) in [6.07, 6.45) is 3.71. The largest absolute Gasteiger partial charge is 0.385 e. The van der Waals surface area contributed by atoms with Gasteiger partial charge in [-0.2, -0.15) is 0 Å². The molecular weight excluding hydrogens is 214 g/mol. The summed E-state index contributed by atoms with van der Waals surface area (Å²) < 4.78 is 11.1. The Balaban J connectivity index is 1.46. The first-order chi connectivity index (χ1) is 8.45. The molecule has 1 aliphatic rings. The smallest absolute Gasteiger partial charge is 0.0809 e. The van der Waals surface area contributed by atoms with E-state index in [9.17, 15) is 0 Å². The van der Waals surface area contributed by atoms with Crippen LogP contribution in [0.4, 0.5) is 5.69 Å². The third-order valence-corrected chi connectivity index (χ3v) is 2.90. The van der Waals surface area contributed by atoms with Gasteiger partial charge >= 0.3 is 0 Å². The quantitative estimate of drug-likeness (QED) is 0.737. The molecule has 1 unspecified atom stereocenters. The van der Waals surface area contributed by atoms with Crippen molar-refractivity contribution >= 4 is 5.69 Å². The van der Waals surface area contributed by atoms with E-state index in [2.05, 4.69) is 17.4 Å². The zero-order chi connectivity index (χ0) is 11.8. The Hall–Kier alpha value is -1.06. The van der Waals surface area contributed by atoms with Crippen molar-refractivity contribution in [2.45, 2.75) is 25.4 Å². The molecule has 1 aromatic rings. The standard InChI is InChI=1S/C14H21NO2/c1-2-6-13(7-3-1)15-9-5-10-16-12-14-8-4-11-17-14/h1-3,6-7,14-15H,4-5,8-12H2. The maximum atomic E-state index is 5.59. The zero-order valence-electron chi connectivity index (χ0n) is 10.2.